The summed E-state index contributed by atoms with van der Waals surface area (Å²) in [5, 5.41) is -0.0906. The van der Waals surface area contributed by atoms with Crippen LogP contribution in [0.5, 0.6) is 0 Å². The third kappa shape index (κ3) is 1.58. The quantitative estimate of drug-likeness (QED) is 0.741. The Morgan fingerprint density at radius 1 is 1.40 bits per heavy atom. The summed E-state index contributed by atoms with van der Waals surface area (Å²) in [6.45, 7) is 0. The Bertz CT molecular complexity index is 516. The minimum atomic E-state index is -4.51. The van der Waals surface area contributed by atoms with Gasteiger partial charge in [0.2, 0.25) is 0 Å². The van der Waals surface area contributed by atoms with Crippen LogP contribution in [0.25, 0.3) is 10.9 Å². The average molecular weight is 214 g/mol. The van der Waals surface area contributed by atoms with Crippen molar-refractivity contribution in [1.29, 1.82) is 0 Å². The number of carbonyl (C=O) groups is 1. The molecule has 0 saturated heterocycles. The zero-order valence-corrected chi connectivity index (χ0v) is 7.30. The lowest BCUT2D eigenvalue weighted by Gasteiger charge is -2.05. The van der Waals surface area contributed by atoms with Crippen molar-refractivity contribution in [3.05, 3.63) is 29.7 Å². The first-order chi connectivity index (χ1) is 7.02. The van der Waals surface area contributed by atoms with Crippen LogP contribution in [-0.2, 0) is 6.18 Å². The van der Waals surface area contributed by atoms with Gasteiger partial charge in [0.1, 0.15) is 0 Å². The second-order valence-corrected chi connectivity index (χ2v) is 2.96. The molecule has 0 bridgehead atoms. The zero-order chi connectivity index (χ0) is 11.1. The monoisotopic (exact) mass is 214 g/mol. The maximum Gasteiger partial charge on any atom is 0.434 e. The lowest BCUT2D eigenvalue weighted by Crippen LogP contribution is -2.07. The second-order valence-electron chi connectivity index (χ2n) is 2.96. The molecular weight excluding hydrogens is 209 g/mol. The van der Waals surface area contributed by atoms with Crippen LogP contribution in [0.2, 0.25) is 0 Å². The lowest BCUT2D eigenvalue weighted by atomic mass is 10.2. The van der Waals surface area contributed by atoms with Crippen LogP contribution in [0.15, 0.2) is 18.3 Å². The molecule has 15 heavy (non-hydrogen) atoms. The number of H-pyrrole nitrogens is 1. The second kappa shape index (κ2) is 3.08. The number of halogens is 3. The Morgan fingerprint density at radius 2 is 2.13 bits per heavy atom. The molecule has 0 spiro atoms. The molecule has 0 amide bonds. The van der Waals surface area contributed by atoms with Gasteiger partial charge in [-0.3, -0.25) is 9.78 Å². The first-order valence-corrected chi connectivity index (χ1v) is 4.02. The Balaban J connectivity index is 2.75. The topological polar surface area (TPSA) is 45.8 Å². The molecule has 0 fully saturated rings. The van der Waals surface area contributed by atoms with Gasteiger partial charge in [0, 0.05) is 17.1 Å². The summed E-state index contributed by atoms with van der Waals surface area (Å²) in [7, 11) is 0. The molecule has 2 heterocycles. The van der Waals surface area contributed by atoms with Crippen molar-refractivity contribution < 1.29 is 18.0 Å². The summed E-state index contributed by atoms with van der Waals surface area (Å²) in [6, 6.07) is 2.52. The third-order valence-electron chi connectivity index (χ3n) is 1.96. The van der Waals surface area contributed by atoms with Crippen molar-refractivity contribution in [3.8, 4) is 0 Å². The molecule has 0 aromatic carbocycles. The van der Waals surface area contributed by atoms with Gasteiger partial charge in [-0.15, -0.1) is 0 Å². The van der Waals surface area contributed by atoms with E-state index < -0.39 is 11.9 Å². The van der Waals surface area contributed by atoms with Gasteiger partial charge in [-0.1, -0.05) is 0 Å². The van der Waals surface area contributed by atoms with Gasteiger partial charge in [0.15, 0.2) is 12.0 Å². The van der Waals surface area contributed by atoms with Gasteiger partial charge >= 0.3 is 6.18 Å². The molecule has 2 aromatic heterocycles. The molecule has 3 nitrogen and oxygen atoms in total. The van der Waals surface area contributed by atoms with E-state index in [0.29, 0.717) is 6.29 Å². The highest BCUT2D eigenvalue weighted by Gasteiger charge is 2.34. The summed E-state index contributed by atoms with van der Waals surface area (Å²) in [6.07, 6.45) is -3.00. The third-order valence-corrected chi connectivity index (χ3v) is 1.96. The number of nitrogens with zero attached hydrogens (tertiary/aromatic N) is 1. The van der Waals surface area contributed by atoms with Gasteiger partial charge in [0.25, 0.3) is 0 Å². The zero-order valence-electron chi connectivity index (χ0n) is 7.30. The van der Waals surface area contributed by atoms with Crippen molar-refractivity contribution in [1.82, 2.24) is 9.97 Å². The van der Waals surface area contributed by atoms with E-state index in [4.69, 9.17) is 0 Å². The van der Waals surface area contributed by atoms with E-state index in [9.17, 15) is 18.0 Å². The molecule has 2 rings (SSSR count). The molecule has 78 valence electrons. The summed E-state index contributed by atoms with van der Waals surface area (Å²) in [4.78, 5) is 16.2. The van der Waals surface area contributed by atoms with Gasteiger partial charge in [-0.2, -0.15) is 13.2 Å². The van der Waals surface area contributed by atoms with Crippen LogP contribution in [0.4, 0.5) is 13.2 Å². The average Bonchev–Trinajstić information content (AvgIpc) is 2.57. The Morgan fingerprint density at radius 3 is 2.73 bits per heavy atom. The Labute approximate surface area is 81.9 Å². The van der Waals surface area contributed by atoms with Gasteiger partial charge in [-0.05, 0) is 12.1 Å². The van der Waals surface area contributed by atoms with Crippen molar-refractivity contribution in [3.63, 3.8) is 0 Å². The van der Waals surface area contributed by atoms with Crippen molar-refractivity contribution in [2.75, 3.05) is 0 Å². The fraction of sp³-hybridized carbons (Fsp3) is 0.111. The minimum absolute atomic E-state index is 0.0906. The van der Waals surface area contributed by atoms with E-state index in [2.05, 4.69) is 9.97 Å². The number of rotatable bonds is 1. The summed E-state index contributed by atoms with van der Waals surface area (Å²) in [5.41, 5.74) is -0.632. The molecule has 0 unspecified atom stereocenters. The van der Waals surface area contributed by atoms with Crippen LogP contribution in [0, 0.1) is 0 Å². The Hall–Kier alpha value is -1.85. The first kappa shape index (κ1) is 9.70. The van der Waals surface area contributed by atoms with E-state index >= 15 is 0 Å². The number of alkyl halides is 3. The molecule has 0 aliphatic carbocycles. The van der Waals surface area contributed by atoms with Crippen LogP contribution in [0.3, 0.4) is 0 Å². The van der Waals surface area contributed by atoms with Crippen LogP contribution in [-0.4, -0.2) is 16.3 Å². The molecule has 0 aliphatic rings. The summed E-state index contributed by atoms with van der Waals surface area (Å²) in [5.74, 6) is 0. The standard InChI is InChI=1S/C9H5F3N2O/c10-9(11,12)8-6-3-5(4-15)14-7(6)1-2-13-8/h1-4,14H. The Kier molecular flexibility index (Phi) is 1.99. The van der Waals surface area contributed by atoms with Gasteiger partial charge < -0.3 is 4.98 Å². The summed E-state index contributed by atoms with van der Waals surface area (Å²) >= 11 is 0. The summed E-state index contributed by atoms with van der Waals surface area (Å²) < 4.78 is 37.4. The molecule has 0 atom stereocenters. The number of hydrogen-bond acceptors (Lipinski definition) is 2. The number of fused-ring (bicyclic) bond motifs is 1. The highest BCUT2D eigenvalue weighted by Crippen LogP contribution is 2.32. The minimum Gasteiger partial charge on any atom is -0.352 e. The van der Waals surface area contributed by atoms with Crippen LogP contribution < -0.4 is 0 Å². The predicted octanol–water partition coefficient (Wildman–Crippen LogP) is 2.39. The highest BCUT2D eigenvalue weighted by atomic mass is 19.4. The number of nitrogens with one attached hydrogen (secondary N) is 1. The van der Waals surface area contributed by atoms with E-state index in [1.165, 1.54) is 6.07 Å². The van der Waals surface area contributed by atoms with Gasteiger partial charge in [0.05, 0.1) is 5.69 Å². The predicted molar refractivity (Wildman–Crippen MR) is 46.5 cm³/mol. The number of pyridine rings is 1. The van der Waals surface area contributed by atoms with Crippen LogP contribution >= 0.6 is 0 Å². The van der Waals surface area contributed by atoms with Crippen LogP contribution in [0.1, 0.15) is 16.2 Å². The maximum absolute atomic E-state index is 12.5. The number of aromatic amines is 1. The SMILES string of the molecule is O=Cc1cc2c(C(F)(F)F)nccc2[nH]1. The highest BCUT2D eigenvalue weighted by molar-refractivity contribution is 5.89. The molecule has 2 aromatic rings. The van der Waals surface area contributed by atoms with E-state index in [0.717, 1.165) is 12.3 Å². The van der Waals surface area contributed by atoms with Crippen molar-refractivity contribution in [2.24, 2.45) is 0 Å². The van der Waals surface area contributed by atoms with E-state index in [-0.39, 0.29) is 16.6 Å². The number of carbonyl (C=O) groups excluding carboxylic acids is 1. The number of aromatic nitrogens is 2. The molecule has 0 radical (unpaired) electrons. The smallest absolute Gasteiger partial charge is 0.352 e. The van der Waals surface area contributed by atoms with Gasteiger partial charge in [-0.25, -0.2) is 0 Å². The number of aldehydes is 1. The van der Waals surface area contributed by atoms with E-state index in [1.54, 1.807) is 0 Å². The molecular formula is C9H5F3N2O. The largest absolute Gasteiger partial charge is 0.434 e. The molecule has 0 aliphatic heterocycles. The van der Waals surface area contributed by atoms with Crippen molar-refractivity contribution in [2.45, 2.75) is 6.18 Å². The molecule has 1 N–H and O–H groups in total. The fourth-order valence-electron chi connectivity index (χ4n) is 1.36. The maximum atomic E-state index is 12.5. The first-order valence-electron chi connectivity index (χ1n) is 4.02. The molecule has 6 heteroatoms. The lowest BCUT2D eigenvalue weighted by molar-refractivity contribution is -0.139. The van der Waals surface area contributed by atoms with E-state index in [1.807, 2.05) is 0 Å². The number of hydrogen-bond donors (Lipinski definition) is 1. The molecule has 0 saturated carbocycles. The van der Waals surface area contributed by atoms with Crippen molar-refractivity contribution >= 4 is 17.2 Å². The fourth-order valence-corrected chi connectivity index (χ4v) is 1.36. The normalized spacial score (nSPS) is 11.9.